The molecule has 0 fully saturated rings. The molecule has 0 radical (unpaired) electrons. The summed E-state index contributed by atoms with van der Waals surface area (Å²) >= 11 is 0. The molecule has 0 aliphatic carbocycles. The molecule has 0 spiro atoms. The van der Waals surface area contributed by atoms with Crippen LogP contribution in [0.15, 0.2) is 12.5 Å². The quantitative estimate of drug-likeness (QED) is 0.683. The van der Waals surface area contributed by atoms with Crippen LogP contribution in [0, 0.1) is 0 Å². The minimum Gasteiger partial charge on any atom is -0.381 e. The topological polar surface area (TPSA) is 81.1 Å². The lowest BCUT2D eigenvalue weighted by Crippen LogP contribution is -2.12. The lowest BCUT2D eigenvalue weighted by molar-refractivity contribution is 0.745. The van der Waals surface area contributed by atoms with Crippen molar-refractivity contribution < 1.29 is 0 Å². The van der Waals surface area contributed by atoms with E-state index in [4.69, 9.17) is 5.73 Å². The number of likely N-dealkylation sites (N-methyl/N-ethyl adjacent to an activating group) is 1. The number of nitrogens with zero attached hydrogens (tertiary/aromatic N) is 4. The number of aromatic nitrogens is 4. The Morgan fingerprint density at radius 1 is 1.50 bits per heavy atom. The van der Waals surface area contributed by atoms with Crippen molar-refractivity contribution in [2.75, 3.05) is 19.3 Å². The molecular weight excluding hydrogens is 180 g/mol. The van der Waals surface area contributed by atoms with E-state index in [2.05, 4.69) is 20.4 Å². The maximum absolute atomic E-state index is 5.65. The first-order valence-corrected chi connectivity index (χ1v) is 4.40. The van der Waals surface area contributed by atoms with Gasteiger partial charge in [0.1, 0.15) is 6.33 Å². The van der Waals surface area contributed by atoms with E-state index in [9.17, 15) is 0 Å². The minimum absolute atomic E-state index is 0.413. The van der Waals surface area contributed by atoms with Crippen LogP contribution in [0.4, 0.5) is 5.82 Å². The highest BCUT2D eigenvalue weighted by atomic mass is 15.3. The maximum atomic E-state index is 5.65. The second-order valence-corrected chi connectivity index (χ2v) is 2.98. The Bertz CT molecular complexity index is 434. The molecule has 0 saturated heterocycles. The van der Waals surface area contributed by atoms with Crippen LogP contribution in [0.3, 0.4) is 0 Å². The standard InChI is InChI=1S/C8H12N6/c1-10-3-2-6-4-11-8-7(9)12-5-13-14(6)8/h4-5,10H,2-3H2,1H3,(H2,9,12,13). The maximum Gasteiger partial charge on any atom is 0.196 e. The van der Waals surface area contributed by atoms with Gasteiger partial charge in [-0.05, 0) is 7.05 Å². The second kappa shape index (κ2) is 3.59. The molecule has 14 heavy (non-hydrogen) atoms. The average molecular weight is 192 g/mol. The predicted octanol–water partition coefficient (Wildman–Crippen LogP) is -0.532. The van der Waals surface area contributed by atoms with Gasteiger partial charge in [-0.1, -0.05) is 0 Å². The molecule has 74 valence electrons. The largest absolute Gasteiger partial charge is 0.381 e. The third kappa shape index (κ3) is 1.39. The normalized spacial score (nSPS) is 10.9. The monoisotopic (exact) mass is 192 g/mol. The number of hydrogen-bond acceptors (Lipinski definition) is 5. The fourth-order valence-corrected chi connectivity index (χ4v) is 1.31. The molecule has 2 rings (SSSR count). The van der Waals surface area contributed by atoms with E-state index in [0.717, 1.165) is 18.7 Å². The lowest BCUT2D eigenvalue weighted by atomic mass is 10.3. The lowest BCUT2D eigenvalue weighted by Gasteiger charge is -1.99. The summed E-state index contributed by atoms with van der Waals surface area (Å²) in [5.74, 6) is 0.413. The summed E-state index contributed by atoms with van der Waals surface area (Å²) in [4.78, 5) is 8.02. The van der Waals surface area contributed by atoms with Crippen molar-refractivity contribution in [1.29, 1.82) is 0 Å². The van der Waals surface area contributed by atoms with Gasteiger partial charge in [0.15, 0.2) is 11.5 Å². The van der Waals surface area contributed by atoms with Gasteiger partial charge in [0.05, 0.1) is 11.9 Å². The number of nitrogen functional groups attached to an aromatic ring is 1. The summed E-state index contributed by atoms with van der Waals surface area (Å²) in [5, 5.41) is 7.16. The van der Waals surface area contributed by atoms with Gasteiger partial charge in [0.2, 0.25) is 0 Å². The number of nitrogens with two attached hydrogens (primary N) is 1. The van der Waals surface area contributed by atoms with Crippen molar-refractivity contribution in [3.8, 4) is 0 Å². The highest BCUT2D eigenvalue weighted by molar-refractivity contribution is 5.58. The first kappa shape index (κ1) is 8.89. The Morgan fingerprint density at radius 3 is 3.14 bits per heavy atom. The summed E-state index contributed by atoms with van der Waals surface area (Å²) in [5.41, 5.74) is 7.30. The fourth-order valence-electron chi connectivity index (χ4n) is 1.31. The second-order valence-electron chi connectivity index (χ2n) is 2.98. The van der Waals surface area contributed by atoms with Gasteiger partial charge >= 0.3 is 0 Å². The van der Waals surface area contributed by atoms with Crippen molar-refractivity contribution in [3.05, 3.63) is 18.2 Å². The van der Waals surface area contributed by atoms with Crippen molar-refractivity contribution >= 4 is 11.5 Å². The van der Waals surface area contributed by atoms with Crippen LogP contribution in [0.2, 0.25) is 0 Å². The molecule has 0 aliphatic heterocycles. The minimum atomic E-state index is 0.413. The zero-order valence-electron chi connectivity index (χ0n) is 7.94. The van der Waals surface area contributed by atoms with Crippen LogP contribution in [0.25, 0.3) is 5.65 Å². The molecule has 2 aromatic heterocycles. The molecule has 0 aliphatic rings. The van der Waals surface area contributed by atoms with Gasteiger partial charge in [0, 0.05) is 13.0 Å². The van der Waals surface area contributed by atoms with Crippen molar-refractivity contribution in [1.82, 2.24) is 24.9 Å². The summed E-state index contributed by atoms with van der Waals surface area (Å²) in [6.45, 7) is 0.887. The molecule has 0 aromatic carbocycles. The molecule has 0 saturated carbocycles. The van der Waals surface area contributed by atoms with E-state index in [1.807, 2.05) is 7.05 Å². The van der Waals surface area contributed by atoms with Crippen LogP contribution in [0.1, 0.15) is 5.69 Å². The Labute approximate surface area is 81.2 Å². The Kier molecular flexibility index (Phi) is 2.28. The van der Waals surface area contributed by atoms with Gasteiger partial charge in [-0.3, -0.25) is 0 Å². The molecule has 0 bridgehead atoms. The fraction of sp³-hybridized carbons (Fsp3) is 0.375. The molecule has 6 nitrogen and oxygen atoms in total. The van der Waals surface area contributed by atoms with Gasteiger partial charge in [-0.2, -0.15) is 5.10 Å². The van der Waals surface area contributed by atoms with Gasteiger partial charge < -0.3 is 11.1 Å². The van der Waals surface area contributed by atoms with E-state index in [-0.39, 0.29) is 0 Å². The highest BCUT2D eigenvalue weighted by Crippen LogP contribution is 2.08. The molecule has 0 amide bonds. The Balaban J connectivity index is 2.42. The Hall–Kier alpha value is -1.69. The van der Waals surface area contributed by atoms with Crippen molar-refractivity contribution in [3.63, 3.8) is 0 Å². The number of fused-ring (bicyclic) bond motifs is 1. The molecule has 0 atom stereocenters. The van der Waals surface area contributed by atoms with Crippen molar-refractivity contribution in [2.45, 2.75) is 6.42 Å². The van der Waals surface area contributed by atoms with E-state index in [1.165, 1.54) is 6.33 Å². The average Bonchev–Trinajstić information content (AvgIpc) is 2.60. The third-order valence-electron chi connectivity index (χ3n) is 2.03. The molecule has 2 heterocycles. The number of imidazole rings is 1. The van der Waals surface area contributed by atoms with Crippen LogP contribution in [-0.2, 0) is 6.42 Å². The number of anilines is 1. The zero-order valence-corrected chi connectivity index (χ0v) is 7.94. The SMILES string of the molecule is CNCCc1cnc2c(N)ncnn12. The summed E-state index contributed by atoms with van der Waals surface area (Å²) in [6, 6.07) is 0. The molecule has 2 aromatic rings. The van der Waals surface area contributed by atoms with Crippen LogP contribution in [-0.4, -0.2) is 33.2 Å². The van der Waals surface area contributed by atoms with Gasteiger partial charge in [-0.25, -0.2) is 14.5 Å². The van der Waals surface area contributed by atoms with Gasteiger partial charge in [-0.15, -0.1) is 0 Å². The highest BCUT2D eigenvalue weighted by Gasteiger charge is 2.06. The zero-order chi connectivity index (χ0) is 9.97. The molecule has 0 unspecified atom stereocenters. The van der Waals surface area contributed by atoms with E-state index in [1.54, 1.807) is 10.7 Å². The summed E-state index contributed by atoms with van der Waals surface area (Å²) in [6.07, 6.45) is 4.08. The van der Waals surface area contributed by atoms with E-state index in [0.29, 0.717) is 11.5 Å². The first-order chi connectivity index (χ1) is 6.83. The smallest absolute Gasteiger partial charge is 0.196 e. The number of rotatable bonds is 3. The van der Waals surface area contributed by atoms with Gasteiger partial charge in [0.25, 0.3) is 0 Å². The molecule has 6 heteroatoms. The molecule has 3 N–H and O–H groups in total. The van der Waals surface area contributed by atoms with E-state index < -0.39 is 0 Å². The molecular formula is C8H12N6. The van der Waals surface area contributed by atoms with E-state index >= 15 is 0 Å². The van der Waals surface area contributed by atoms with Crippen LogP contribution >= 0.6 is 0 Å². The number of nitrogens with one attached hydrogen (secondary N) is 1. The summed E-state index contributed by atoms with van der Waals surface area (Å²) < 4.78 is 1.72. The van der Waals surface area contributed by atoms with Crippen molar-refractivity contribution in [2.24, 2.45) is 0 Å². The van der Waals surface area contributed by atoms with Crippen LogP contribution in [0.5, 0.6) is 0 Å². The summed E-state index contributed by atoms with van der Waals surface area (Å²) in [7, 11) is 1.91. The number of hydrogen-bond donors (Lipinski definition) is 2. The van der Waals surface area contributed by atoms with Crippen LogP contribution < -0.4 is 11.1 Å². The first-order valence-electron chi connectivity index (χ1n) is 4.40. The third-order valence-corrected chi connectivity index (χ3v) is 2.03. The Morgan fingerprint density at radius 2 is 2.36 bits per heavy atom. The predicted molar refractivity (Wildman–Crippen MR) is 52.8 cm³/mol.